The van der Waals surface area contributed by atoms with Crippen LogP contribution in [0.4, 0.5) is 0 Å². The van der Waals surface area contributed by atoms with Gasteiger partial charge in [0, 0.05) is 16.7 Å². The number of rotatable bonds is 10. The fourth-order valence-electron chi connectivity index (χ4n) is 3.16. The van der Waals surface area contributed by atoms with Gasteiger partial charge in [-0.3, -0.25) is 4.79 Å². The highest BCUT2D eigenvalue weighted by atomic mass is 35.5. The Morgan fingerprint density at radius 3 is 2.64 bits per heavy atom. The number of carboxylic acid groups (broad SMARTS) is 1. The standard InChI is InChI=1S/C25H24ClNO6/c1-16-22(27-25(33-16)19-8-10-20(26)11-9-19)15-32-21-5-3-4-17(12-21)6-7-18(13-23(28)29)14-24(30)31-2/h3-5,8-12,14H,6-7,13,15H2,1-2H3,(H,28,29)/b18-14-. The van der Waals surface area contributed by atoms with E-state index in [9.17, 15) is 9.59 Å². The Hall–Kier alpha value is -3.58. The second-order valence-electron chi connectivity index (χ2n) is 7.36. The third kappa shape index (κ3) is 7.22. The van der Waals surface area contributed by atoms with E-state index in [1.165, 1.54) is 13.2 Å². The zero-order chi connectivity index (χ0) is 23.8. The van der Waals surface area contributed by atoms with Crippen molar-refractivity contribution < 1.29 is 28.6 Å². The van der Waals surface area contributed by atoms with E-state index in [4.69, 9.17) is 25.9 Å². The molecule has 0 atom stereocenters. The first-order valence-electron chi connectivity index (χ1n) is 10.3. The number of ether oxygens (including phenoxy) is 2. The summed E-state index contributed by atoms with van der Waals surface area (Å²) in [5.41, 5.74) is 2.96. The minimum atomic E-state index is -0.997. The van der Waals surface area contributed by atoms with Crippen LogP contribution < -0.4 is 4.74 Å². The van der Waals surface area contributed by atoms with Gasteiger partial charge in [0.2, 0.25) is 5.89 Å². The van der Waals surface area contributed by atoms with Crippen LogP contribution in [-0.2, 0) is 27.4 Å². The van der Waals surface area contributed by atoms with Gasteiger partial charge in [-0.25, -0.2) is 9.78 Å². The fourth-order valence-corrected chi connectivity index (χ4v) is 3.28. The summed E-state index contributed by atoms with van der Waals surface area (Å²) in [5.74, 6) is 0.259. The molecular weight excluding hydrogens is 446 g/mol. The lowest BCUT2D eigenvalue weighted by molar-refractivity contribution is -0.136. The summed E-state index contributed by atoms with van der Waals surface area (Å²) in [6, 6.07) is 14.7. The van der Waals surface area contributed by atoms with Gasteiger partial charge >= 0.3 is 11.9 Å². The maximum Gasteiger partial charge on any atom is 0.330 e. The number of benzene rings is 2. The fraction of sp³-hybridized carbons (Fsp3) is 0.240. The topological polar surface area (TPSA) is 98.9 Å². The summed E-state index contributed by atoms with van der Waals surface area (Å²) in [7, 11) is 1.26. The van der Waals surface area contributed by atoms with Gasteiger partial charge in [0.15, 0.2) is 0 Å². The van der Waals surface area contributed by atoms with E-state index in [-0.39, 0.29) is 13.0 Å². The van der Waals surface area contributed by atoms with Gasteiger partial charge in [-0.1, -0.05) is 29.3 Å². The number of aryl methyl sites for hydroxylation is 2. The average molecular weight is 470 g/mol. The number of hydrogen-bond donors (Lipinski definition) is 1. The second kappa shape index (κ2) is 11.3. The molecule has 3 aromatic rings. The first kappa shape index (κ1) is 24.1. The van der Waals surface area contributed by atoms with Crippen molar-refractivity contribution >= 4 is 23.5 Å². The van der Waals surface area contributed by atoms with Crippen LogP contribution in [-0.4, -0.2) is 29.1 Å². The van der Waals surface area contributed by atoms with Gasteiger partial charge in [-0.05, 0) is 61.7 Å². The molecule has 0 saturated carbocycles. The number of carbonyl (C=O) groups excluding carboxylic acids is 1. The Morgan fingerprint density at radius 2 is 1.94 bits per heavy atom. The van der Waals surface area contributed by atoms with E-state index >= 15 is 0 Å². The molecule has 1 heterocycles. The lowest BCUT2D eigenvalue weighted by atomic mass is 10.0. The second-order valence-corrected chi connectivity index (χ2v) is 7.80. The summed E-state index contributed by atoms with van der Waals surface area (Å²) in [4.78, 5) is 27.1. The number of oxazole rings is 1. The van der Waals surface area contributed by atoms with E-state index in [0.29, 0.717) is 46.5 Å². The molecule has 0 unspecified atom stereocenters. The Balaban J connectivity index is 1.63. The number of carbonyl (C=O) groups is 2. The molecule has 3 rings (SSSR count). The van der Waals surface area contributed by atoms with Crippen LogP contribution >= 0.6 is 11.6 Å². The molecule has 172 valence electrons. The molecule has 0 spiro atoms. The minimum absolute atomic E-state index is 0.216. The highest BCUT2D eigenvalue weighted by Gasteiger charge is 2.13. The number of aromatic nitrogens is 1. The van der Waals surface area contributed by atoms with Crippen molar-refractivity contribution in [2.24, 2.45) is 0 Å². The first-order chi connectivity index (χ1) is 15.8. The molecule has 0 aliphatic carbocycles. The van der Waals surface area contributed by atoms with Gasteiger partial charge < -0.3 is 19.0 Å². The number of nitrogens with zero attached hydrogens (tertiary/aromatic N) is 1. The monoisotopic (exact) mass is 469 g/mol. The molecular formula is C25H24ClNO6. The normalized spacial score (nSPS) is 11.3. The van der Waals surface area contributed by atoms with Crippen molar-refractivity contribution in [3.63, 3.8) is 0 Å². The molecule has 0 aliphatic rings. The van der Waals surface area contributed by atoms with E-state index in [1.807, 2.05) is 43.3 Å². The summed E-state index contributed by atoms with van der Waals surface area (Å²) in [6.45, 7) is 2.07. The third-order valence-electron chi connectivity index (χ3n) is 4.89. The van der Waals surface area contributed by atoms with Crippen LogP contribution in [0, 0.1) is 6.92 Å². The van der Waals surface area contributed by atoms with Gasteiger partial charge in [-0.2, -0.15) is 0 Å². The van der Waals surface area contributed by atoms with Gasteiger partial charge in [0.1, 0.15) is 23.8 Å². The summed E-state index contributed by atoms with van der Waals surface area (Å²) in [6.07, 6.45) is 1.99. The van der Waals surface area contributed by atoms with Crippen molar-refractivity contribution in [1.82, 2.24) is 4.98 Å². The first-order valence-corrected chi connectivity index (χ1v) is 10.6. The smallest absolute Gasteiger partial charge is 0.330 e. The molecule has 8 heteroatoms. The summed E-state index contributed by atoms with van der Waals surface area (Å²) in [5, 5.41) is 9.71. The van der Waals surface area contributed by atoms with E-state index in [0.717, 1.165) is 11.1 Å². The van der Waals surface area contributed by atoms with Gasteiger partial charge in [0.05, 0.1) is 13.5 Å². The number of methoxy groups -OCH3 is 1. The zero-order valence-corrected chi connectivity index (χ0v) is 19.1. The van der Waals surface area contributed by atoms with Crippen molar-refractivity contribution in [2.75, 3.05) is 7.11 Å². The van der Waals surface area contributed by atoms with Crippen LogP contribution in [0.3, 0.4) is 0 Å². The molecule has 0 radical (unpaired) electrons. The maximum atomic E-state index is 11.5. The molecule has 0 aliphatic heterocycles. The maximum absolute atomic E-state index is 11.5. The Bertz CT molecular complexity index is 1150. The molecule has 0 saturated heterocycles. The molecule has 2 aromatic carbocycles. The van der Waals surface area contributed by atoms with Crippen molar-refractivity contribution in [2.45, 2.75) is 32.8 Å². The predicted molar refractivity (Wildman–Crippen MR) is 123 cm³/mol. The number of carboxylic acids is 1. The van der Waals surface area contributed by atoms with Crippen molar-refractivity contribution in [1.29, 1.82) is 0 Å². The Kier molecular flexibility index (Phi) is 8.27. The van der Waals surface area contributed by atoms with Crippen LogP contribution in [0.2, 0.25) is 5.02 Å². The largest absolute Gasteiger partial charge is 0.487 e. The van der Waals surface area contributed by atoms with Gasteiger partial charge in [0.25, 0.3) is 0 Å². The summed E-state index contributed by atoms with van der Waals surface area (Å²) < 4.78 is 16.3. The van der Waals surface area contributed by atoms with Gasteiger partial charge in [-0.15, -0.1) is 0 Å². The Labute approximate surface area is 196 Å². The Morgan fingerprint density at radius 1 is 1.18 bits per heavy atom. The third-order valence-corrected chi connectivity index (χ3v) is 5.15. The van der Waals surface area contributed by atoms with Crippen molar-refractivity contribution in [3.8, 4) is 17.2 Å². The molecule has 7 nitrogen and oxygen atoms in total. The van der Waals surface area contributed by atoms with Crippen molar-refractivity contribution in [3.05, 3.63) is 82.2 Å². The SMILES string of the molecule is COC(=O)/C=C(/CCc1cccc(OCc2nc(-c3ccc(Cl)cc3)oc2C)c1)CC(=O)O. The highest BCUT2D eigenvalue weighted by Crippen LogP contribution is 2.25. The number of halogens is 1. The molecule has 33 heavy (non-hydrogen) atoms. The highest BCUT2D eigenvalue weighted by molar-refractivity contribution is 6.30. The van der Waals surface area contributed by atoms with E-state index < -0.39 is 11.9 Å². The van der Waals surface area contributed by atoms with Crippen LogP contribution in [0.15, 0.2) is 64.6 Å². The number of aliphatic carboxylic acids is 1. The van der Waals surface area contributed by atoms with Crippen LogP contribution in [0.25, 0.3) is 11.5 Å². The molecule has 0 bridgehead atoms. The number of hydrogen-bond acceptors (Lipinski definition) is 6. The minimum Gasteiger partial charge on any atom is -0.487 e. The lowest BCUT2D eigenvalue weighted by Crippen LogP contribution is -2.04. The predicted octanol–water partition coefficient (Wildman–Crippen LogP) is 5.39. The van der Waals surface area contributed by atoms with Crippen LogP contribution in [0.5, 0.6) is 5.75 Å². The quantitative estimate of drug-likeness (QED) is 0.314. The number of esters is 1. The van der Waals surface area contributed by atoms with E-state index in [1.54, 1.807) is 12.1 Å². The molecule has 1 aromatic heterocycles. The molecule has 1 N–H and O–H groups in total. The molecule has 0 amide bonds. The van der Waals surface area contributed by atoms with Crippen LogP contribution in [0.1, 0.15) is 29.9 Å². The van der Waals surface area contributed by atoms with E-state index in [2.05, 4.69) is 9.72 Å². The summed E-state index contributed by atoms with van der Waals surface area (Å²) >= 11 is 5.94. The average Bonchev–Trinajstić information content (AvgIpc) is 3.16. The lowest BCUT2D eigenvalue weighted by Gasteiger charge is -2.08. The molecule has 0 fully saturated rings. The zero-order valence-electron chi connectivity index (χ0n) is 18.3.